The molecule has 3 heteroatoms. The van der Waals surface area contributed by atoms with Gasteiger partial charge in [0.15, 0.2) is 5.78 Å². The van der Waals surface area contributed by atoms with E-state index in [0.29, 0.717) is 5.57 Å². The number of carbonyl (C=O) groups excluding carboxylic acids is 1. The van der Waals surface area contributed by atoms with Crippen molar-refractivity contribution in [1.29, 1.82) is 0 Å². The van der Waals surface area contributed by atoms with Crippen LogP contribution in [-0.4, -0.2) is 28.2 Å². The van der Waals surface area contributed by atoms with Crippen molar-refractivity contribution in [3.8, 4) is 0 Å². The van der Waals surface area contributed by atoms with E-state index in [1.165, 1.54) is 6.92 Å². The average Bonchev–Trinajstić information content (AvgIpc) is 2.44. The normalized spacial score (nSPS) is 10.1. The lowest BCUT2D eigenvalue weighted by molar-refractivity contribution is -0.131. The van der Waals surface area contributed by atoms with Gasteiger partial charge in [0.1, 0.15) is 6.10 Å². The quantitative estimate of drug-likeness (QED) is 0.771. The minimum Gasteiger partial charge on any atom is -0.390 e. The van der Waals surface area contributed by atoms with Crippen LogP contribution in [0.2, 0.25) is 0 Å². The van der Waals surface area contributed by atoms with Gasteiger partial charge in [0.2, 0.25) is 0 Å². The van der Waals surface area contributed by atoms with Gasteiger partial charge >= 0.3 is 0 Å². The van der Waals surface area contributed by atoms with Crippen LogP contribution >= 0.6 is 0 Å². The predicted octanol–water partition coefficient (Wildman–Crippen LogP) is 1.81. The lowest BCUT2D eigenvalue weighted by Crippen LogP contribution is -2.31. The lowest BCUT2D eigenvalue weighted by atomic mass is 10.0. The molecule has 0 aromatic carbocycles. The molecule has 21 heavy (non-hydrogen) atoms. The predicted molar refractivity (Wildman–Crippen MR) is 77.3 cm³/mol. The van der Waals surface area contributed by atoms with Crippen LogP contribution in [0.4, 0.5) is 0 Å². The summed E-state index contributed by atoms with van der Waals surface area (Å²) in [5, 5.41) is 18.4. The largest absolute Gasteiger partial charge is 0.390 e. The molecule has 0 saturated carbocycles. The Hall–Kier alpha value is -2.87. The second-order valence-electron chi connectivity index (χ2n) is 3.91. The molecule has 0 aliphatic carbocycles. The zero-order valence-corrected chi connectivity index (χ0v) is 11.9. The number of carbonyl (C=O) groups is 1. The molecule has 0 fully saturated rings. The van der Waals surface area contributed by atoms with Crippen molar-refractivity contribution in [2.45, 2.75) is 32.5 Å². The monoisotopic (exact) mass is 278 g/mol. The Morgan fingerprint density at radius 3 is 1.95 bits per heavy atom. The number of Topliss-reactive ketones (excluding diaryl/α,β-unsaturated/α-hetero) is 1. The first-order valence-electron chi connectivity index (χ1n) is 5.98. The highest BCUT2D eigenvalue weighted by Crippen LogP contribution is 2.04. The second kappa shape index (κ2) is 11.0. The standard InChI is InChI=1S/C18H14O3/c1-4-5-6-7-8-9-10-11-12-13-15(2)14-17(20)18(21)16(3)19/h16,18-19,21H,1,14H2,2-3H3. The van der Waals surface area contributed by atoms with E-state index in [0.717, 1.165) is 0 Å². The Labute approximate surface area is 123 Å². The van der Waals surface area contributed by atoms with Crippen LogP contribution in [-0.2, 0) is 4.79 Å². The second-order valence-corrected chi connectivity index (χ2v) is 3.91. The molecule has 104 valence electrons. The van der Waals surface area contributed by atoms with Crippen molar-refractivity contribution >= 4 is 5.78 Å². The molecular weight excluding hydrogens is 264 g/mol. The molecule has 2 unspecified atom stereocenters. The van der Waals surface area contributed by atoms with E-state index in [1.54, 1.807) is 6.92 Å². The summed E-state index contributed by atoms with van der Waals surface area (Å²) in [6, 6.07) is 0. The number of hydrogen-bond acceptors (Lipinski definition) is 3. The van der Waals surface area contributed by atoms with Crippen LogP contribution in [0.25, 0.3) is 0 Å². The molecule has 0 spiro atoms. The number of ketones is 1. The van der Waals surface area contributed by atoms with E-state index >= 15 is 0 Å². The lowest BCUT2D eigenvalue weighted by Gasteiger charge is -2.11. The molecule has 0 radical (unpaired) electrons. The first kappa shape index (κ1) is 18.1. The number of aliphatic hydroxyl groups is 2. The van der Waals surface area contributed by atoms with Gasteiger partial charge in [0, 0.05) is 6.42 Å². The highest BCUT2D eigenvalue weighted by atomic mass is 16.3. The van der Waals surface area contributed by atoms with Crippen LogP contribution in [0, 0.1) is 0 Å². The molecular formula is C18H14O3. The van der Waals surface area contributed by atoms with Gasteiger partial charge in [0.05, 0.1) is 6.10 Å². The molecule has 0 aliphatic rings. The number of allylic oxidation sites excluding steroid dienone is 1. The molecule has 3 nitrogen and oxygen atoms in total. The smallest absolute Gasteiger partial charge is 0.168 e. The first-order valence-corrected chi connectivity index (χ1v) is 5.98. The fourth-order valence-electron chi connectivity index (χ4n) is 1.05. The molecule has 0 heterocycles. The molecule has 0 rings (SSSR count). The van der Waals surface area contributed by atoms with Crippen LogP contribution in [0.5, 0.6) is 0 Å². The fourth-order valence-corrected chi connectivity index (χ4v) is 1.05. The van der Waals surface area contributed by atoms with Crippen molar-refractivity contribution in [3.05, 3.63) is 69.5 Å². The highest BCUT2D eigenvalue weighted by Gasteiger charge is 2.19. The Morgan fingerprint density at radius 1 is 1.00 bits per heavy atom. The van der Waals surface area contributed by atoms with Crippen LogP contribution in [0.1, 0.15) is 20.3 Å². The average molecular weight is 278 g/mol. The Morgan fingerprint density at radius 2 is 1.48 bits per heavy atom. The van der Waals surface area contributed by atoms with E-state index in [-0.39, 0.29) is 6.42 Å². The molecule has 0 aromatic heterocycles. The summed E-state index contributed by atoms with van der Waals surface area (Å²) in [4.78, 5) is 11.5. The third-order valence-corrected chi connectivity index (χ3v) is 2.03. The molecule has 0 bridgehead atoms. The maximum Gasteiger partial charge on any atom is 0.168 e. The van der Waals surface area contributed by atoms with Gasteiger partial charge in [0.25, 0.3) is 0 Å². The third-order valence-electron chi connectivity index (χ3n) is 2.03. The first-order chi connectivity index (χ1) is 9.99. The molecule has 2 N–H and O–H groups in total. The zero-order chi connectivity index (χ0) is 16.1. The summed E-state index contributed by atoms with van der Waals surface area (Å²) in [5.41, 5.74) is 25.3. The summed E-state index contributed by atoms with van der Waals surface area (Å²) in [6.45, 7) is 6.28. The van der Waals surface area contributed by atoms with Crippen molar-refractivity contribution in [2.75, 3.05) is 0 Å². The fraction of sp³-hybridized carbons (Fsp3) is 0.278. The molecule has 0 saturated heterocycles. The van der Waals surface area contributed by atoms with Gasteiger partial charge in [-0.1, -0.05) is 11.5 Å². The van der Waals surface area contributed by atoms with E-state index < -0.39 is 18.0 Å². The number of hydrogen-bond donors (Lipinski definition) is 2. The molecule has 0 aliphatic heterocycles. The summed E-state index contributed by atoms with van der Waals surface area (Å²) in [7, 11) is 0. The van der Waals surface area contributed by atoms with Gasteiger partial charge in [-0.25, -0.2) is 0 Å². The summed E-state index contributed by atoms with van der Waals surface area (Å²) >= 11 is 0. The topological polar surface area (TPSA) is 57.5 Å². The summed E-state index contributed by atoms with van der Waals surface area (Å²) < 4.78 is 0. The maximum atomic E-state index is 11.5. The van der Waals surface area contributed by atoms with Crippen molar-refractivity contribution in [1.82, 2.24) is 0 Å². The molecule has 0 amide bonds. The van der Waals surface area contributed by atoms with Crippen molar-refractivity contribution in [2.24, 2.45) is 0 Å². The summed E-state index contributed by atoms with van der Waals surface area (Å²) in [5.74, 6) is -0.480. The maximum absolute atomic E-state index is 11.5. The van der Waals surface area contributed by atoms with E-state index in [2.05, 4.69) is 63.9 Å². The van der Waals surface area contributed by atoms with Gasteiger partial charge in [-0.05, 0) is 71.8 Å². The van der Waals surface area contributed by atoms with Crippen molar-refractivity contribution in [3.63, 3.8) is 0 Å². The van der Waals surface area contributed by atoms with Gasteiger partial charge in [-0.3, -0.25) is 4.79 Å². The van der Waals surface area contributed by atoms with E-state index in [1.807, 2.05) is 0 Å². The van der Waals surface area contributed by atoms with E-state index in [9.17, 15) is 9.90 Å². The van der Waals surface area contributed by atoms with E-state index in [4.69, 9.17) is 5.11 Å². The Balaban J connectivity index is 5.25. The number of rotatable bonds is 4. The van der Waals surface area contributed by atoms with Crippen LogP contribution in [0.3, 0.4) is 0 Å². The van der Waals surface area contributed by atoms with Gasteiger partial charge in [-0.15, -0.1) is 0 Å². The minimum atomic E-state index is -1.39. The SMILES string of the molecule is C=C=C=C=C=C=C=C=C=C=C=C(C)CC(=O)C(O)C(C)O. The highest BCUT2D eigenvalue weighted by molar-refractivity contribution is 5.85. The Kier molecular flexibility index (Phi) is 9.50. The molecule has 0 aromatic rings. The summed E-state index contributed by atoms with van der Waals surface area (Å²) in [6.07, 6.45) is -2.51. The Bertz CT molecular complexity index is 765. The molecule has 2 atom stereocenters. The van der Waals surface area contributed by atoms with Crippen LogP contribution in [0.15, 0.2) is 69.5 Å². The number of aliphatic hydroxyl groups excluding tert-OH is 2. The van der Waals surface area contributed by atoms with Crippen LogP contribution < -0.4 is 0 Å². The van der Waals surface area contributed by atoms with Gasteiger partial charge in [-0.2, -0.15) is 0 Å². The third kappa shape index (κ3) is 9.68. The van der Waals surface area contributed by atoms with Crippen molar-refractivity contribution < 1.29 is 15.0 Å². The van der Waals surface area contributed by atoms with Gasteiger partial charge < -0.3 is 10.2 Å². The zero-order valence-electron chi connectivity index (χ0n) is 11.9. The minimum absolute atomic E-state index is 0.0262.